The Balaban J connectivity index is 2.29. The molecular formula is C12H15FN2O3. The molecule has 0 aliphatic heterocycles. The van der Waals surface area contributed by atoms with Crippen molar-refractivity contribution in [2.24, 2.45) is 0 Å². The normalized spacial score (nSPS) is 11.7. The van der Waals surface area contributed by atoms with E-state index in [1.807, 2.05) is 0 Å². The number of carboxylic acids is 1. The second kappa shape index (κ2) is 6.58. The third kappa shape index (κ3) is 4.82. The van der Waals surface area contributed by atoms with Gasteiger partial charge in [0.25, 0.3) is 0 Å². The molecule has 5 nitrogen and oxygen atoms in total. The van der Waals surface area contributed by atoms with E-state index in [1.165, 1.54) is 19.1 Å². The van der Waals surface area contributed by atoms with Crippen LogP contribution in [0.25, 0.3) is 0 Å². The number of hydrogen-bond acceptors (Lipinski definition) is 2. The maximum absolute atomic E-state index is 12.8. The lowest BCUT2D eigenvalue weighted by Crippen LogP contribution is -2.44. The maximum Gasteiger partial charge on any atom is 0.325 e. The maximum atomic E-state index is 12.8. The third-order valence-corrected chi connectivity index (χ3v) is 2.31. The number of amides is 2. The molecule has 1 atom stereocenters. The first-order valence-corrected chi connectivity index (χ1v) is 5.50. The van der Waals surface area contributed by atoms with Gasteiger partial charge < -0.3 is 15.7 Å². The summed E-state index contributed by atoms with van der Waals surface area (Å²) in [5.41, 5.74) is 0.765. The van der Waals surface area contributed by atoms with E-state index >= 15 is 0 Å². The molecule has 0 aliphatic rings. The fraction of sp³-hybridized carbons (Fsp3) is 0.333. The van der Waals surface area contributed by atoms with Gasteiger partial charge in [0.1, 0.15) is 11.9 Å². The minimum absolute atomic E-state index is 0.307. The SMILES string of the molecule is CC(NC(=O)NCCc1cccc(F)c1)C(=O)O. The third-order valence-electron chi connectivity index (χ3n) is 2.31. The molecule has 1 aromatic carbocycles. The highest BCUT2D eigenvalue weighted by Gasteiger charge is 2.12. The first-order chi connectivity index (χ1) is 8.49. The standard InChI is InChI=1S/C12H15FN2O3/c1-8(11(16)17)15-12(18)14-6-5-9-3-2-4-10(13)7-9/h2-4,7-8H,5-6H2,1H3,(H,16,17)(H2,14,15,18). The Kier molecular flexibility index (Phi) is 5.10. The zero-order valence-corrected chi connectivity index (χ0v) is 9.94. The molecule has 0 saturated carbocycles. The summed E-state index contributed by atoms with van der Waals surface area (Å²) >= 11 is 0. The van der Waals surface area contributed by atoms with Crippen molar-refractivity contribution >= 4 is 12.0 Å². The number of carbonyl (C=O) groups is 2. The predicted molar refractivity (Wildman–Crippen MR) is 63.7 cm³/mol. The fourth-order valence-corrected chi connectivity index (χ4v) is 1.32. The highest BCUT2D eigenvalue weighted by Crippen LogP contribution is 2.03. The van der Waals surface area contributed by atoms with E-state index in [9.17, 15) is 14.0 Å². The van der Waals surface area contributed by atoms with Crippen LogP contribution in [0.2, 0.25) is 0 Å². The van der Waals surface area contributed by atoms with Crippen LogP contribution in [0.15, 0.2) is 24.3 Å². The van der Waals surface area contributed by atoms with Crippen molar-refractivity contribution in [1.82, 2.24) is 10.6 Å². The number of halogens is 1. The Hall–Kier alpha value is -2.11. The summed E-state index contributed by atoms with van der Waals surface area (Å²) in [6.45, 7) is 1.68. The number of carbonyl (C=O) groups excluding carboxylic acids is 1. The second-order valence-electron chi connectivity index (χ2n) is 3.84. The number of aliphatic carboxylic acids is 1. The monoisotopic (exact) mass is 254 g/mol. The van der Waals surface area contributed by atoms with Crippen molar-refractivity contribution in [2.45, 2.75) is 19.4 Å². The summed E-state index contributed by atoms with van der Waals surface area (Å²) in [6.07, 6.45) is 0.479. The van der Waals surface area contributed by atoms with Crippen LogP contribution in [-0.4, -0.2) is 29.7 Å². The van der Waals surface area contributed by atoms with Crippen molar-refractivity contribution in [3.8, 4) is 0 Å². The highest BCUT2D eigenvalue weighted by atomic mass is 19.1. The van der Waals surface area contributed by atoms with Gasteiger partial charge in [0.05, 0.1) is 0 Å². The van der Waals surface area contributed by atoms with Gasteiger partial charge in [-0.25, -0.2) is 9.18 Å². The second-order valence-corrected chi connectivity index (χ2v) is 3.84. The molecular weight excluding hydrogens is 239 g/mol. The minimum atomic E-state index is -1.10. The topological polar surface area (TPSA) is 78.4 Å². The summed E-state index contributed by atoms with van der Waals surface area (Å²) in [6, 6.07) is 4.58. The van der Waals surface area contributed by atoms with Gasteiger partial charge in [0.2, 0.25) is 0 Å². The van der Waals surface area contributed by atoms with Gasteiger partial charge in [-0.3, -0.25) is 4.79 Å². The summed E-state index contributed by atoms with van der Waals surface area (Å²) in [7, 11) is 0. The van der Waals surface area contributed by atoms with Crippen LogP contribution in [-0.2, 0) is 11.2 Å². The number of urea groups is 1. The lowest BCUT2D eigenvalue weighted by molar-refractivity contribution is -0.138. The fourth-order valence-electron chi connectivity index (χ4n) is 1.32. The zero-order valence-electron chi connectivity index (χ0n) is 9.94. The quantitative estimate of drug-likeness (QED) is 0.737. The lowest BCUT2D eigenvalue weighted by atomic mass is 10.1. The average molecular weight is 254 g/mol. The molecule has 1 aromatic rings. The molecule has 1 rings (SSSR count). The Morgan fingerprint density at radius 3 is 2.78 bits per heavy atom. The number of hydrogen-bond donors (Lipinski definition) is 3. The lowest BCUT2D eigenvalue weighted by Gasteiger charge is -2.10. The van der Waals surface area contributed by atoms with Crippen molar-refractivity contribution in [3.05, 3.63) is 35.6 Å². The molecule has 3 N–H and O–H groups in total. The van der Waals surface area contributed by atoms with Crippen LogP contribution >= 0.6 is 0 Å². The van der Waals surface area contributed by atoms with Gasteiger partial charge in [-0.15, -0.1) is 0 Å². The highest BCUT2D eigenvalue weighted by molar-refractivity contribution is 5.82. The molecule has 2 amide bonds. The van der Waals surface area contributed by atoms with E-state index in [1.54, 1.807) is 12.1 Å². The predicted octanol–water partition coefficient (Wildman–Crippen LogP) is 1.14. The van der Waals surface area contributed by atoms with Crippen molar-refractivity contribution in [2.75, 3.05) is 6.54 Å². The van der Waals surface area contributed by atoms with Crippen LogP contribution in [0.3, 0.4) is 0 Å². The number of rotatable bonds is 5. The van der Waals surface area contributed by atoms with Crippen LogP contribution in [0.4, 0.5) is 9.18 Å². The molecule has 0 saturated heterocycles. The van der Waals surface area contributed by atoms with Crippen LogP contribution in [0.5, 0.6) is 0 Å². The van der Waals surface area contributed by atoms with E-state index in [0.717, 1.165) is 5.56 Å². The smallest absolute Gasteiger partial charge is 0.325 e. The van der Waals surface area contributed by atoms with Crippen molar-refractivity contribution in [3.63, 3.8) is 0 Å². The molecule has 0 fully saturated rings. The van der Waals surface area contributed by atoms with Gasteiger partial charge in [-0.1, -0.05) is 12.1 Å². The minimum Gasteiger partial charge on any atom is -0.480 e. The molecule has 0 spiro atoms. The van der Waals surface area contributed by atoms with Crippen LogP contribution in [0.1, 0.15) is 12.5 Å². The molecule has 0 radical (unpaired) electrons. The van der Waals surface area contributed by atoms with Gasteiger partial charge in [-0.2, -0.15) is 0 Å². The zero-order chi connectivity index (χ0) is 13.5. The molecule has 1 unspecified atom stereocenters. The first kappa shape index (κ1) is 14.0. The molecule has 98 valence electrons. The van der Waals surface area contributed by atoms with Crippen molar-refractivity contribution < 1.29 is 19.1 Å². The van der Waals surface area contributed by atoms with Gasteiger partial charge in [0.15, 0.2) is 0 Å². The van der Waals surface area contributed by atoms with E-state index < -0.39 is 18.0 Å². The summed E-state index contributed by atoms with van der Waals surface area (Å²) in [5.74, 6) is -1.42. The Labute approximate surface area is 104 Å². The molecule has 0 bridgehead atoms. The number of benzene rings is 1. The Bertz CT molecular complexity index is 437. The van der Waals surface area contributed by atoms with Crippen molar-refractivity contribution in [1.29, 1.82) is 0 Å². The first-order valence-electron chi connectivity index (χ1n) is 5.50. The van der Waals surface area contributed by atoms with Gasteiger partial charge >= 0.3 is 12.0 Å². The van der Waals surface area contributed by atoms with E-state index in [4.69, 9.17) is 5.11 Å². The molecule has 0 heterocycles. The van der Waals surface area contributed by atoms with Crippen LogP contribution in [0, 0.1) is 5.82 Å². The van der Waals surface area contributed by atoms with Crippen LogP contribution < -0.4 is 10.6 Å². The number of nitrogens with one attached hydrogen (secondary N) is 2. The van der Waals surface area contributed by atoms with Gasteiger partial charge in [0, 0.05) is 6.54 Å². The molecule has 0 aliphatic carbocycles. The Morgan fingerprint density at radius 2 is 2.17 bits per heavy atom. The summed E-state index contributed by atoms with van der Waals surface area (Å²) in [4.78, 5) is 21.7. The largest absolute Gasteiger partial charge is 0.480 e. The summed E-state index contributed by atoms with van der Waals surface area (Å²) < 4.78 is 12.8. The molecule has 0 aromatic heterocycles. The van der Waals surface area contributed by atoms with E-state index in [2.05, 4.69) is 10.6 Å². The van der Waals surface area contributed by atoms with E-state index in [-0.39, 0.29) is 5.82 Å². The average Bonchev–Trinajstić information content (AvgIpc) is 2.28. The summed E-state index contributed by atoms with van der Waals surface area (Å²) in [5, 5.41) is 13.3. The van der Waals surface area contributed by atoms with E-state index in [0.29, 0.717) is 13.0 Å². The number of carboxylic acid groups (broad SMARTS) is 1. The molecule has 18 heavy (non-hydrogen) atoms. The van der Waals surface area contributed by atoms with Gasteiger partial charge in [-0.05, 0) is 31.0 Å². The molecule has 6 heteroatoms. The Morgan fingerprint density at radius 1 is 1.44 bits per heavy atom.